The average Bonchev–Trinajstić information content (AvgIpc) is 2.38. The maximum absolute atomic E-state index is 11.5. The van der Waals surface area contributed by atoms with Crippen LogP contribution >= 0.6 is 0 Å². The van der Waals surface area contributed by atoms with E-state index in [-0.39, 0.29) is 11.7 Å². The first-order valence-electron chi connectivity index (χ1n) is 6.90. The maximum atomic E-state index is 11.5. The number of hydrogen-bond acceptors (Lipinski definition) is 3. The monoisotopic (exact) mass is 287 g/mol. The van der Waals surface area contributed by atoms with E-state index in [9.17, 15) is 9.59 Å². The van der Waals surface area contributed by atoms with Gasteiger partial charge >= 0.3 is 5.97 Å². The summed E-state index contributed by atoms with van der Waals surface area (Å²) >= 11 is 0. The second-order valence-corrected chi connectivity index (χ2v) is 15.4. The lowest BCUT2D eigenvalue weighted by atomic mass is 10.5. The van der Waals surface area contributed by atoms with Crippen molar-refractivity contribution in [2.75, 3.05) is 0 Å². The summed E-state index contributed by atoms with van der Waals surface area (Å²) in [6, 6.07) is 3.22. The van der Waals surface area contributed by atoms with E-state index in [1.807, 2.05) is 6.92 Å². The smallest absolute Gasteiger partial charge is 0.330 e. The topological polar surface area (TPSA) is 46.5 Å². The summed E-state index contributed by atoms with van der Waals surface area (Å²) in [5, 5.41) is 0. The molecule has 0 saturated heterocycles. The van der Waals surface area contributed by atoms with Crippen molar-refractivity contribution in [3.63, 3.8) is 0 Å². The molecule has 18 heavy (non-hydrogen) atoms. The zero-order valence-corrected chi connectivity index (χ0v) is 14.3. The number of esters is 1. The molecule has 0 aliphatic carbocycles. The lowest BCUT2D eigenvalue weighted by Gasteiger charge is -2.35. The third kappa shape index (κ3) is 4.37. The van der Waals surface area contributed by atoms with E-state index in [0.29, 0.717) is 6.42 Å². The number of ether oxygens (including phenoxy) is 1. The Morgan fingerprint density at radius 1 is 1.28 bits per heavy atom. The van der Waals surface area contributed by atoms with Crippen LogP contribution in [-0.2, 0) is 9.53 Å². The molecule has 1 radical (unpaired) electrons. The van der Waals surface area contributed by atoms with E-state index in [4.69, 9.17) is 4.74 Å². The Kier molecular flexibility index (Phi) is 8.47. The summed E-state index contributed by atoms with van der Waals surface area (Å²) in [5.74, 6) is -0.327. The Hall–Kier alpha value is -0.396. The van der Waals surface area contributed by atoms with Gasteiger partial charge in [0.1, 0.15) is 5.73 Å². The van der Waals surface area contributed by atoms with Gasteiger partial charge in [0.2, 0.25) is 8.56 Å². The van der Waals surface area contributed by atoms with Gasteiger partial charge in [-0.15, -0.1) is 0 Å². The first-order chi connectivity index (χ1) is 8.51. The molecule has 0 bridgehead atoms. The lowest BCUT2D eigenvalue weighted by molar-refractivity contribution is -0.140. The van der Waals surface area contributed by atoms with Crippen LogP contribution in [0.3, 0.4) is 0 Å². The summed E-state index contributed by atoms with van der Waals surface area (Å²) in [5.41, 5.74) is -0.259. The fraction of sp³-hybridized carbons (Fsp3) is 0.769. The predicted molar refractivity (Wildman–Crippen MR) is 80.2 cm³/mol. The van der Waals surface area contributed by atoms with Crippen LogP contribution < -0.4 is 0 Å². The van der Waals surface area contributed by atoms with Gasteiger partial charge in [-0.3, -0.25) is 0 Å². The highest BCUT2D eigenvalue weighted by molar-refractivity contribution is 7.30. The number of carbonyl (C=O) groups excluding carboxylic acids is 1. The Bertz CT molecular complexity index is 267. The molecular formula is C13H27O3Si2. The van der Waals surface area contributed by atoms with Crippen molar-refractivity contribution in [1.29, 1.82) is 0 Å². The summed E-state index contributed by atoms with van der Waals surface area (Å²) in [6.45, 7) is 10.3. The standard InChI is InChI=1S/C13H27O3Si2/c1-6-11-12(14)16-13(7-2)17(15)18(8-3,9-4)10-5/h6,11,13,15H,7-10H2,1-5H3/b11-6+. The van der Waals surface area contributed by atoms with Gasteiger partial charge in [-0.1, -0.05) is 51.9 Å². The van der Waals surface area contributed by atoms with Crippen LogP contribution in [0, 0.1) is 0 Å². The van der Waals surface area contributed by atoms with Crippen molar-refractivity contribution in [3.8, 4) is 0 Å². The van der Waals surface area contributed by atoms with Crippen molar-refractivity contribution >= 4 is 22.1 Å². The molecule has 0 heterocycles. The van der Waals surface area contributed by atoms with Crippen LogP contribution in [0.4, 0.5) is 0 Å². The zero-order valence-electron chi connectivity index (χ0n) is 12.3. The quantitative estimate of drug-likeness (QED) is 0.424. The van der Waals surface area contributed by atoms with E-state index < -0.39 is 16.1 Å². The normalized spacial score (nSPS) is 14.2. The number of carbonyl (C=O) groups is 1. The third-order valence-corrected chi connectivity index (χ3v) is 17.5. The Labute approximate surface area is 114 Å². The minimum atomic E-state index is -1.64. The van der Waals surface area contributed by atoms with Crippen LogP contribution in [0.15, 0.2) is 12.2 Å². The molecule has 0 rings (SSSR count). The minimum absolute atomic E-state index is 0.259. The second kappa shape index (κ2) is 8.66. The van der Waals surface area contributed by atoms with Crippen molar-refractivity contribution in [1.82, 2.24) is 0 Å². The highest BCUT2D eigenvalue weighted by atomic mass is 29.2. The fourth-order valence-corrected chi connectivity index (χ4v) is 12.3. The van der Waals surface area contributed by atoms with Gasteiger partial charge in [-0.05, 0) is 13.3 Å². The van der Waals surface area contributed by atoms with E-state index in [1.165, 1.54) is 6.08 Å². The molecule has 1 unspecified atom stereocenters. The van der Waals surface area contributed by atoms with Crippen molar-refractivity contribution in [2.45, 2.75) is 64.9 Å². The minimum Gasteiger partial charge on any atom is -0.461 e. The van der Waals surface area contributed by atoms with E-state index in [0.717, 1.165) is 18.1 Å². The molecule has 0 aromatic carbocycles. The van der Waals surface area contributed by atoms with Gasteiger partial charge in [-0.2, -0.15) is 0 Å². The predicted octanol–water partition coefficient (Wildman–Crippen LogP) is 2.99. The van der Waals surface area contributed by atoms with Crippen LogP contribution in [-0.4, -0.2) is 32.6 Å². The fourth-order valence-electron chi connectivity index (χ4n) is 2.28. The van der Waals surface area contributed by atoms with Gasteiger partial charge < -0.3 is 9.53 Å². The summed E-state index contributed by atoms with van der Waals surface area (Å²) in [7, 11) is -3.22. The molecular weight excluding hydrogens is 260 g/mol. The molecule has 0 spiro atoms. The molecule has 0 fully saturated rings. The number of allylic oxidation sites excluding steroid dienone is 1. The van der Waals surface area contributed by atoms with Crippen molar-refractivity contribution < 1.29 is 14.3 Å². The van der Waals surface area contributed by atoms with E-state index >= 15 is 0 Å². The maximum Gasteiger partial charge on any atom is 0.330 e. The SMILES string of the molecule is C/C=C/C(=O)OC(CC)[Si](O)[Si](CC)(CC)CC. The molecule has 0 saturated carbocycles. The van der Waals surface area contributed by atoms with E-state index in [1.54, 1.807) is 13.0 Å². The molecule has 5 heteroatoms. The first kappa shape index (κ1) is 17.6. The van der Waals surface area contributed by atoms with Gasteiger partial charge in [0.25, 0.3) is 0 Å². The van der Waals surface area contributed by atoms with Gasteiger partial charge in [-0.25, -0.2) is 4.79 Å². The first-order valence-corrected chi connectivity index (χ1v) is 12.0. The van der Waals surface area contributed by atoms with Crippen molar-refractivity contribution in [2.24, 2.45) is 0 Å². The van der Waals surface area contributed by atoms with Crippen molar-refractivity contribution in [3.05, 3.63) is 12.2 Å². The summed E-state index contributed by atoms with van der Waals surface area (Å²) in [4.78, 5) is 22.2. The zero-order chi connectivity index (χ0) is 14.2. The van der Waals surface area contributed by atoms with Crippen LogP contribution in [0.25, 0.3) is 0 Å². The summed E-state index contributed by atoms with van der Waals surface area (Å²) < 4.78 is 5.42. The third-order valence-electron chi connectivity index (χ3n) is 3.81. The largest absolute Gasteiger partial charge is 0.461 e. The molecule has 0 aromatic rings. The number of hydrogen-bond donors (Lipinski definition) is 1. The molecule has 3 nitrogen and oxygen atoms in total. The Balaban J connectivity index is 4.87. The second-order valence-electron chi connectivity index (χ2n) is 4.56. The summed E-state index contributed by atoms with van der Waals surface area (Å²) in [6.07, 6.45) is 3.80. The average molecular weight is 288 g/mol. The Morgan fingerprint density at radius 3 is 2.11 bits per heavy atom. The van der Waals surface area contributed by atoms with Gasteiger partial charge in [0, 0.05) is 6.08 Å². The molecule has 0 aliphatic heterocycles. The van der Waals surface area contributed by atoms with Crippen LogP contribution in [0.1, 0.15) is 41.0 Å². The van der Waals surface area contributed by atoms with Gasteiger partial charge in [0.05, 0.1) is 7.59 Å². The highest BCUT2D eigenvalue weighted by Crippen LogP contribution is 2.25. The molecule has 0 amide bonds. The molecule has 1 atom stereocenters. The Morgan fingerprint density at radius 2 is 1.78 bits per heavy atom. The lowest BCUT2D eigenvalue weighted by Crippen LogP contribution is -2.57. The molecule has 0 aromatic heterocycles. The highest BCUT2D eigenvalue weighted by Gasteiger charge is 2.43. The number of rotatable bonds is 8. The molecule has 105 valence electrons. The molecule has 1 N–H and O–H groups in total. The molecule has 0 aliphatic rings. The van der Waals surface area contributed by atoms with E-state index in [2.05, 4.69) is 20.8 Å². The van der Waals surface area contributed by atoms with Crippen LogP contribution in [0.2, 0.25) is 18.1 Å². The van der Waals surface area contributed by atoms with Gasteiger partial charge in [0.15, 0.2) is 0 Å². The van der Waals surface area contributed by atoms with Crippen LogP contribution in [0.5, 0.6) is 0 Å².